The van der Waals surface area contributed by atoms with Crippen LogP contribution >= 0.6 is 0 Å². The third-order valence-corrected chi connectivity index (χ3v) is 3.84. The Bertz CT molecular complexity index is 355. The Labute approximate surface area is 103 Å². The van der Waals surface area contributed by atoms with Gasteiger partial charge in [-0.15, -0.1) is 0 Å². The quantitative estimate of drug-likeness (QED) is 0.869. The summed E-state index contributed by atoms with van der Waals surface area (Å²) >= 11 is 0. The van der Waals surface area contributed by atoms with Crippen molar-refractivity contribution in [2.75, 3.05) is 19.8 Å². The minimum Gasteiger partial charge on any atom is -0.381 e. The zero-order valence-corrected chi connectivity index (χ0v) is 11.1. The molecule has 0 amide bonds. The van der Waals surface area contributed by atoms with Crippen LogP contribution in [0.1, 0.15) is 38.4 Å². The summed E-state index contributed by atoms with van der Waals surface area (Å²) in [6.45, 7) is 7.39. The van der Waals surface area contributed by atoms with Crippen molar-refractivity contribution < 1.29 is 4.74 Å². The lowest BCUT2D eigenvalue weighted by Crippen LogP contribution is -2.38. The van der Waals surface area contributed by atoms with Gasteiger partial charge in [0, 0.05) is 39.0 Å². The highest BCUT2D eigenvalue weighted by molar-refractivity contribution is 5.05. The van der Waals surface area contributed by atoms with E-state index in [1.807, 2.05) is 17.9 Å². The van der Waals surface area contributed by atoms with E-state index in [0.717, 1.165) is 32.6 Å². The molecule has 1 saturated heterocycles. The summed E-state index contributed by atoms with van der Waals surface area (Å²) in [6, 6.07) is 2.42. The van der Waals surface area contributed by atoms with Crippen LogP contribution in [0.25, 0.3) is 0 Å². The number of rotatable bonds is 4. The first-order chi connectivity index (χ1) is 8.11. The van der Waals surface area contributed by atoms with Gasteiger partial charge < -0.3 is 10.1 Å². The molecule has 1 aromatic rings. The predicted octanol–water partition coefficient (Wildman–Crippen LogP) is 1.89. The van der Waals surface area contributed by atoms with Crippen molar-refractivity contribution in [1.29, 1.82) is 0 Å². The lowest BCUT2D eigenvalue weighted by atomic mass is 9.82. The standard InChI is InChI=1S/C13H23N3O/c1-11(12-4-7-15-16(12)3)14-10-13(2)5-8-17-9-6-13/h4,7,11,14H,5-6,8-10H2,1-3H3. The maximum absolute atomic E-state index is 5.42. The van der Waals surface area contributed by atoms with Gasteiger partial charge >= 0.3 is 0 Å². The molecule has 2 rings (SSSR count). The highest BCUT2D eigenvalue weighted by Crippen LogP contribution is 2.29. The monoisotopic (exact) mass is 237 g/mol. The molecule has 1 unspecified atom stereocenters. The molecule has 1 aromatic heterocycles. The van der Waals surface area contributed by atoms with Crippen molar-refractivity contribution >= 4 is 0 Å². The number of aryl methyl sites for hydroxylation is 1. The topological polar surface area (TPSA) is 39.1 Å². The molecule has 2 heterocycles. The smallest absolute Gasteiger partial charge is 0.0547 e. The van der Waals surface area contributed by atoms with Crippen molar-refractivity contribution in [3.8, 4) is 0 Å². The number of ether oxygens (including phenoxy) is 1. The number of nitrogens with one attached hydrogen (secondary N) is 1. The minimum absolute atomic E-state index is 0.349. The van der Waals surface area contributed by atoms with Crippen LogP contribution < -0.4 is 5.32 Å². The van der Waals surface area contributed by atoms with Crippen molar-refractivity contribution in [3.05, 3.63) is 18.0 Å². The molecule has 0 spiro atoms. The van der Waals surface area contributed by atoms with Gasteiger partial charge in [-0.3, -0.25) is 4.68 Å². The van der Waals surface area contributed by atoms with Gasteiger partial charge in [-0.1, -0.05) is 6.92 Å². The number of aromatic nitrogens is 2. The largest absolute Gasteiger partial charge is 0.381 e. The fraction of sp³-hybridized carbons (Fsp3) is 0.769. The van der Waals surface area contributed by atoms with Gasteiger partial charge in [0.1, 0.15) is 0 Å². The summed E-state index contributed by atoms with van der Waals surface area (Å²) < 4.78 is 7.36. The average molecular weight is 237 g/mol. The van der Waals surface area contributed by atoms with E-state index < -0.39 is 0 Å². The second kappa shape index (κ2) is 5.19. The van der Waals surface area contributed by atoms with Crippen LogP contribution in [-0.2, 0) is 11.8 Å². The number of hydrogen-bond donors (Lipinski definition) is 1. The molecular formula is C13H23N3O. The molecule has 4 nitrogen and oxygen atoms in total. The van der Waals surface area contributed by atoms with Gasteiger partial charge in [-0.2, -0.15) is 5.10 Å². The zero-order chi connectivity index (χ0) is 12.3. The predicted molar refractivity (Wildman–Crippen MR) is 67.8 cm³/mol. The summed E-state index contributed by atoms with van der Waals surface area (Å²) in [6.07, 6.45) is 4.15. The SMILES string of the molecule is CC(NCC1(C)CCOCC1)c1ccnn1C. The average Bonchev–Trinajstić information content (AvgIpc) is 2.74. The molecule has 1 N–H and O–H groups in total. The van der Waals surface area contributed by atoms with E-state index in [2.05, 4.69) is 30.3 Å². The van der Waals surface area contributed by atoms with Crippen LogP contribution in [0, 0.1) is 5.41 Å². The van der Waals surface area contributed by atoms with Crippen molar-refractivity contribution in [2.45, 2.75) is 32.7 Å². The van der Waals surface area contributed by atoms with E-state index in [1.54, 1.807) is 0 Å². The second-order valence-corrected chi connectivity index (χ2v) is 5.41. The molecule has 0 saturated carbocycles. The molecule has 0 bridgehead atoms. The highest BCUT2D eigenvalue weighted by Gasteiger charge is 2.27. The van der Waals surface area contributed by atoms with Gasteiger partial charge in [-0.05, 0) is 31.2 Å². The van der Waals surface area contributed by atoms with Crippen LogP contribution in [-0.4, -0.2) is 29.5 Å². The summed E-state index contributed by atoms with van der Waals surface area (Å²) in [4.78, 5) is 0. The first kappa shape index (κ1) is 12.6. The zero-order valence-electron chi connectivity index (χ0n) is 11.1. The fourth-order valence-electron chi connectivity index (χ4n) is 2.35. The molecule has 1 fully saturated rings. The molecule has 17 heavy (non-hydrogen) atoms. The van der Waals surface area contributed by atoms with Crippen molar-refractivity contribution in [2.24, 2.45) is 12.5 Å². The van der Waals surface area contributed by atoms with E-state index in [4.69, 9.17) is 4.74 Å². The van der Waals surface area contributed by atoms with Gasteiger partial charge in [0.05, 0.1) is 5.69 Å². The Kier molecular flexibility index (Phi) is 3.84. The maximum atomic E-state index is 5.42. The summed E-state index contributed by atoms with van der Waals surface area (Å²) in [5, 5.41) is 7.83. The molecule has 0 aromatic carbocycles. The van der Waals surface area contributed by atoms with Crippen LogP contribution in [0.3, 0.4) is 0 Å². The molecule has 1 atom stereocenters. The molecule has 96 valence electrons. The third kappa shape index (κ3) is 3.07. The number of hydrogen-bond acceptors (Lipinski definition) is 3. The van der Waals surface area contributed by atoms with Crippen molar-refractivity contribution in [1.82, 2.24) is 15.1 Å². The lowest BCUT2D eigenvalue weighted by molar-refractivity contribution is 0.0230. The normalized spacial score (nSPS) is 21.4. The van der Waals surface area contributed by atoms with Crippen LogP contribution in [0.2, 0.25) is 0 Å². The molecule has 0 radical (unpaired) electrons. The molecule has 0 aliphatic carbocycles. The fourth-order valence-corrected chi connectivity index (χ4v) is 2.35. The summed E-state index contributed by atoms with van der Waals surface area (Å²) in [5.41, 5.74) is 1.62. The first-order valence-electron chi connectivity index (χ1n) is 6.40. The van der Waals surface area contributed by atoms with E-state index in [0.29, 0.717) is 11.5 Å². The summed E-state index contributed by atoms with van der Waals surface area (Å²) in [7, 11) is 1.99. The van der Waals surface area contributed by atoms with Gasteiger partial charge in [0.15, 0.2) is 0 Å². The van der Waals surface area contributed by atoms with E-state index >= 15 is 0 Å². The van der Waals surface area contributed by atoms with E-state index in [-0.39, 0.29) is 0 Å². The minimum atomic E-state index is 0.349. The highest BCUT2D eigenvalue weighted by atomic mass is 16.5. The first-order valence-corrected chi connectivity index (χ1v) is 6.40. The second-order valence-electron chi connectivity index (χ2n) is 5.41. The Hall–Kier alpha value is -0.870. The lowest BCUT2D eigenvalue weighted by Gasteiger charge is -2.34. The Balaban J connectivity index is 1.87. The van der Waals surface area contributed by atoms with Gasteiger partial charge in [0.2, 0.25) is 0 Å². The molecule has 4 heteroatoms. The van der Waals surface area contributed by atoms with E-state index in [9.17, 15) is 0 Å². The number of nitrogens with zero attached hydrogens (tertiary/aromatic N) is 2. The Morgan fingerprint density at radius 3 is 2.82 bits per heavy atom. The third-order valence-electron chi connectivity index (χ3n) is 3.84. The molecular weight excluding hydrogens is 214 g/mol. The Morgan fingerprint density at radius 1 is 1.53 bits per heavy atom. The van der Waals surface area contributed by atoms with Crippen molar-refractivity contribution in [3.63, 3.8) is 0 Å². The molecule has 1 aliphatic heterocycles. The van der Waals surface area contributed by atoms with Gasteiger partial charge in [0.25, 0.3) is 0 Å². The van der Waals surface area contributed by atoms with Crippen LogP contribution in [0.5, 0.6) is 0 Å². The maximum Gasteiger partial charge on any atom is 0.0547 e. The Morgan fingerprint density at radius 2 is 2.24 bits per heavy atom. The summed E-state index contributed by atoms with van der Waals surface area (Å²) in [5.74, 6) is 0. The van der Waals surface area contributed by atoms with Crippen LogP contribution in [0.15, 0.2) is 12.3 Å². The van der Waals surface area contributed by atoms with E-state index in [1.165, 1.54) is 5.69 Å². The molecule has 1 aliphatic rings. The van der Waals surface area contributed by atoms with Gasteiger partial charge in [-0.25, -0.2) is 0 Å². The van der Waals surface area contributed by atoms with Crippen LogP contribution in [0.4, 0.5) is 0 Å².